The molecule has 4 aromatic carbocycles. The van der Waals surface area contributed by atoms with E-state index in [4.69, 9.17) is 28.4 Å². The van der Waals surface area contributed by atoms with E-state index in [0.717, 1.165) is 11.1 Å². The van der Waals surface area contributed by atoms with Crippen LogP contribution in [0, 0.1) is 0 Å². The molecule has 0 saturated carbocycles. The third kappa shape index (κ3) is 10.7. The average molecular weight is 605 g/mol. The molecule has 9 nitrogen and oxygen atoms in total. The molecule has 1 aliphatic rings. The SMILES string of the molecule is C.C.COc1ccc(C(=O)OCc2ccccc2)cc1O.COc1ccc(C(=O)OCc2ccccc2)cc1OCC1CO1. The maximum absolute atomic E-state index is 12.2. The van der Waals surface area contributed by atoms with Gasteiger partial charge in [-0.05, 0) is 47.5 Å². The van der Waals surface area contributed by atoms with Crippen LogP contribution in [0.15, 0.2) is 97.1 Å². The number of esters is 2. The summed E-state index contributed by atoms with van der Waals surface area (Å²) in [6.07, 6.45) is 0.133. The summed E-state index contributed by atoms with van der Waals surface area (Å²) in [7, 11) is 3.01. The van der Waals surface area contributed by atoms with Crippen LogP contribution in [0.25, 0.3) is 0 Å². The Morgan fingerprint density at radius 3 is 1.64 bits per heavy atom. The molecule has 44 heavy (non-hydrogen) atoms. The highest BCUT2D eigenvalue weighted by Gasteiger charge is 2.24. The lowest BCUT2D eigenvalue weighted by molar-refractivity contribution is 0.0463. The molecule has 0 aliphatic carbocycles. The minimum absolute atomic E-state index is 0. The van der Waals surface area contributed by atoms with Gasteiger partial charge in [0.05, 0.1) is 32.0 Å². The molecule has 1 heterocycles. The highest BCUT2D eigenvalue weighted by Crippen LogP contribution is 2.29. The summed E-state index contributed by atoms with van der Waals surface area (Å²) in [6, 6.07) is 28.3. The van der Waals surface area contributed by atoms with Crippen LogP contribution in [0.5, 0.6) is 23.0 Å². The Morgan fingerprint density at radius 1 is 0.705 bits per heavy atom. The molecular formula is C35H40O9. The van der Waals surface area contributed by atoms with Crippen molar-refractivity contribution >= 4 is 11.9 Å². The molecule has 5 rings (SSSR count). The van der Waals surface area contributed by atoms with Crippen molar-refractivity contribution in [1.82, 2.24) is 0 Å². The topological polar surface area (TPSA) is 113 Å². The Morgan fingerprint density at radius 2 is 1.18 bits per heavy atom. The van der Waals surface area contributed by atoms with Crippen molar-refractivity contribution in [2.45, 2.75) is 34.2 Å². The van der Waals surface area contributed by atoms with Crippen LogP contribution in [0.2, 0.25) is 0 Å². The molecule has 1 atom stereocenters. The molecule has 0 amide bonds. The third-order valence-corrected chi connectivity index (χ3v) is 6.07. The number of benzene rings is 4. The van der Waals surface area contributed by atoms with E-state index in [2.05, 4.69) is 0 Å². The van der Waals surface area contributed by atoms with Gasteiger partial charge in [-0.3, -0.25) is 0 Å². The smallest absolute Gasteiger partial charge is 0.338 e. The highest BCUT2D eigenvalue weighted by atomic mass is 16.6. The number of ether oxygens (including phenoxy) is 6. The summed E-state index contributed by atoms with van der Waals surface area (Å²) in [5.74, 6) is 0.435. The number of aromatic hydroxyl groups is 1. The van der Waals surface area contributed by atoms with Crippen molar-refractivity contribution in [2.75, 3.05) is 27.4 Å². The zero-order chi connectivity index (χ0) is 29.7. The number of hydrogen-bond acceptors (Lipinski definition) is 9. The van der Waals surface area contributed by atoms with Gasteiger partial charge in [0.25, 0.3) is 0 Å². The number of phenolic OH excluding ortho intramolecular Hbond substituents is 1. The van der Waals surface area contributed by atoms with E-state index in [1.54, 1.807) is 31.4 Å². The number of hydrogen-bond donors (Lipinski definition) is 1. The van der Waals surface area contributed by atoms with Gasteiger partial charge in [-0.25, -0.2) is 9.59 Å². The van der Waals surface area contributed by atoms with E-state index in [0.29, 0.717) is 36.0 Å². The normalized spacial score (nSPS) is 12.5. The van der Waals surface area contributed by atoms with Crippen molar-refractivity contribution in [1.29, 1.82) is 0 Å². The number of carbonyl (C=O) groups is 2. The monoisotopic (exact) mass is 604 g/mol. The van der Waals surface area contributed by atoms with E-state index >= 15 is 0 Å². The van der Waals surface area contributed by atoms with E-state index < -0.39 is 11.9 Å². The number of phenols is 1. The van der Waals surface area contributed by atoms with E-state index in [-0.39, 0.29) is 45.5 Å². The van der Waals surface area contributed by atoms with Crippen LogP contribution in [0.3, 0.4) is 0 Å². The molecule has 0 bridgehead atoms. The lowest BCUT2D eigenvalue weighted by Crippen LogP contribution is -2.08. The lowest BCUT2D eigenvalue weighted by atomic mass is 10.2. The number of carbonyl (C=O) groups excluding carboxylic acids is 2. The first kappa shape index (κ1) is 35.2. The molecule has 1 fully saturated rings. The third-order valence-electron chi connectivity index (χ3n) is 6.07. The molecule has 1 N–H and O–H groups in total. The minimum Gasteiger partial charge on any atom is -0.504 e. The summed E-state index contributed by atoms with van der Waals surface area (Å²) in [5, 5.41) is 9.59. The van der Waals surface area contributed by atoms with Gasteiger partial charge in [-0.1, -0.05) is 75.5 Å². The van der Waals surface area contributed by atoms with E-state index in [9.17, 15) is 14.7 Å². The second-order valence-corrected chi connectivity index (χ2v) is 9.14. The quantitative estimate of drug-likeness (QED) is 0.145. The average Bonchev–Trinajstić information content (AvgIpc) is 3.87. The van der Waals surface area contributed by atoms with Crippen LogP contribution >= 0.6 is 0 Å². The summed E-state index contributed by atoms with van der Waals surface area (Å²) in [5.41, 5.74) is 2.56. The van der Waals surface area contributed by atoms with Gasteiger partial charge in [-0.15, -0.1) is 0 Å². The fourth-order valence-electron chi connectivity index (χ4n) is 3.69. The summed E-state index contributed by atoms with van der Waals surface area (Å²) >= 11 is 0. The Balaban J connectivity index is 0.000000299. The predicted octanol–water partition coefficient (Wildman–Crippen LogP) is 6.86. The summed E-state index contributed by atoms with van der Waals surface area (Å²) in [4.78, 5) is 24.0. The maximum Gasteiger partial charge on any atom is 0.338 e. The molecule has 0 radical (unpaired) electrons. The second kappa shape index (κ2) is 17.8. The van der Waals surface area contributed by atoms with Gasteiger partial charge in [0.1, 0.15) is 25.9 Å². The molecule has 9 heteroatoms. The van der Waals surface area contributed by atoms with Gasteiger partial charge < -0.3 is 33.5 Å². The first-order chi connectivity index (χ1) is 20.5. The predicted molar refractivity (Wildman–Crippen MR) is 167 cm³/mol. The van der Waals surface area contributed by atoms with E-state index in [1.807, 2.05) is 60.7 Å². The molecular weight excluding hydrogens is 564 g/mol. The van der Waals surface area contributed by atoms with Gasteiger partial charge >= 0.3 is 11.9 Å². The van der Waals surface area contributed by atoms with Crippen molar-refractivity contribution in [3.63, 3.8) is 0 Å². The molecule has 0 aromatic heterocycles. The maximum atomic E-state index is 12.2. The molecule has 1 aliphatic heterocycles. The number of methoxy groups -OCH3 is 2. The largest absolute Gasteiger partial charge is 0.504 e. The van der Waals surface area contributed by atoms with Crippen molar-refractivity contribution in [3.8, 4) is 23.0 Å². The van der Waals surface area contributed by atoms with Gasteiger partial charge in [0.2, 0.25) is 0 Å². The fraction of sp³-hybridized carbons (Fsp3) is 0.257. The van der Waals surface area contributed by atoms with Crippen molar-refractivity contribution in [2.24, 2.45) is 0 Å². The zero-order valence-corrected chi connectivity index (χ0v) is 23.4. The van der Waals surface area contributed by atoms with Crippen molar-refractivity contribution in [3.05, 3.63) is 119 Å². The first-order valence-electron chi connectivity index (χ1n) is 13.2. The Labute approximate surface area is 258 Å². The minimum atomic E-state index is -0.484. The molecule has 234 valence electrons. The number of epoxide rings is 1. The Hall–Kier alpha value is -5.02. The fourth-order valence-corrected chi connectivity index (χ4v) is 3.69. The second-order valence-electron chi connectivity index (χ2n) is 9.14. The van der Waals surface area contributed by atoms with Crippen LogP contribution in [0.1, 0.15) is 46.7 Å². The van der Waals surface area contributed by atoms with Gasteiger partial charge in [-0.2, -0.15) is 0 Å². The molecule has 0 spiro atoms. The molecule has 1 unspecified atom stereocenters. The summed E-state index contributed by atoms with van der Waals surface area (Å²) in [6.45, 7) is 1.59. The van der Waals surface area contributed by atoms with Gasteiger partial charge in [0.15, 0.2) is 23.0 Å². The van der Waals surface area contributed by atoms with Crippen LogP contribution in [-0.4, -0.2) is 50.6 Å². The zero-order valence-electron chi connectivity index (χ0n) is 23.4. The van der Waals surface area contributed by atoms with Gasteiger partial charge in [0, 0.05) is 0 Å². The molecule has 1 saturated heterocycles. The highest BCUT2D eigenvalue weighted by molar-refractivity contribution is 5.90. The lowest BCUT2D eigenvalue weighted by Gasteiger charge is -2.11. The van der Waals surface area contributed by atoms with Crippen LogP contribution in [0.4, 0.5) is 0 Å². The number of rotatable bonds is 11. The Kier molecular flexibility index (Phi) is 14.3. The first-order valence-corrected chi connectivity index (χ1v) is 13.2. The summed E-state index contributed by atoms with van der Waals surface area (Å²) < 4.78 is 31.4. The standard InChI is InChI=1S/C18H18O5.C15H14O4.2CH4/c1-20-16-8-7-14(9-17(16)22-12-15-11-21-15)18(19)23-10-13-5-3-2-4-6-13;1-18-14-8-7-12(9-13(14)16)15(17)19-10-11-5-3-2-4-6-11;;/h2-9,15H,10-12H2,1H3;2-9,16H,10H2,1H3;2*1H4. The molecule has 4 aromatic rings. The van der Waals surface area contributed by atoms with Crippen LogP contribution < -0.4 is 14.2 Å². The van der Waals surface area contributed by atoms with Crippen molar-refractivity contribution < 1.29 is 43.1 Å². The van der Waals surface area contributed by atoms with Crippen LogP contribution in [-0.2, 0) is 27.4 Å². The Bertz CT molecular complexity index is 1450. The van der Waals surface area contributed by atoms with E-state index in [1.165, 1.54) is 19.2 Å².